The van der Waals surface area contributed by atoms with Gasteiger partial charge in [-0.3, -0.25) is 4.79 Å². The first kappa shape index (κ1) is 15.3. The van der Waals surface area contributed by atoms with E-state index >= 15 is 0 Å². The van der Waals surface area contributed by atoms with E-state index < -0.39 is 5.91 Å². The average Bonchev–Trinajstić information content (AvgIpc) is 3.15. The van der Waals surface area contributed by atoms with Gasteiger partial charge in [0.15, 0.2) is 5.76 Å². The predicted octanol–water partition coefficient (Wildman–Crippen LogP) is 1.43. The lowest BCUT2D eigenvalue weighted by Gasteiger charge is -2.06. The second-order valence-electron chi connectivity index (χ2n) is 4.77. The Labute approximate surface area is 135 Å². The van der Waals surface area contributed by atoms with Crippen molar-refractivity contribution in [2.24, 2.45) is 5.73 Å². The van der Waals surface area contributed by atoms with Gasteiger partial charge in [0, 0.05) is 13.2 Å². The van der Waals surface area contributed by atoms with Crippen LogP contribution in [0.15, 0.2) is 22.8 Å². The number of nitrogens with two attached hydrogens (primary N) is 2. The Morgan fingerprint density at radius 3 is 2.91 bits per heavy atom. The number of aliphatic hydroxyl groups is 1. The molecule has 0 bridgehead atoms. The van der Waals surface area contributed by atoms with Gasteiger partial charge in [0.05, 0.1) is 17.3 Å². The molecule has 0 fully saturated rings. The van der Waals surface area contributed by atoms with Gasteiger partial charge in [0.25, 0.3) is 5.91 Å². The van der Waals surface area contributed by atoms with Gasteiger partial charge >= 0.3 is 0 Å². The largest absolute Gasteiger partial charge is 0.463 e. The quantitative estimate of drug-likeness (QED) is 0.500. The maximum atomic E-state index is 11.5. The smallest absolute Gasteiger partial charge is 0.260 e. The molecule has 3 aromatic rings. The lowest BCUT2D eigenvalue weighted by molar-refractivity contribution is 0.100. The summed E-state index contributed by atoms with van der Waals surface area (Å²) in [6, 6.07) is 3.49. The summed E-state index contributed by atoms with van der Waals surface area (Å²) < 4.78 is 5.41. The van der Waals surface area contributed by atoms with Crippen LogP contribution in [0.2, 0.25) is 0 Å². The number of fused-ring (bicyclic) bond motifs is 1. The van der Waals surface area contributed by atoms with Crippen molar-refractivity contribution in [3.63, 3.8) is 0 Å². The lowest BCUT2D eigenvalue weighted by atomic mass is 10.2. The third kappa shape index (κ3) is 2.83. The molecule has 3 heterocycles. The molecule has 6 N–H and O–H groups in total. The van der Waals surface area contributed by atoms with E-state index in [2.05, 4.69) is 15.3 Å². The molecule has 0 aliphatic carbocycles. The van der Waals surface area contributed by atoms with Gasteiger partial charge in [-0.05, 0) is 18.6 Å². The molecule has 9 heteroatoms. The number of rotatable bonds is 6. The molecule has 0 atom stereocenters. The number of anilines is 2. The highest BCUT2D eigenvalue weighted by molar-refractivity contribution is 7.21. The summed E-state index contributed by atoms with van der Waals surface area (Å²) >= 11 is 1.12. The molecule has 0 aliphatic heterocycles. The Balaban J connectivity index is 2.17. The summed E-state index contributed by atoms with van der Waals surface area (Å²) in [5.74, 6) is 0.281. The van der Waals surface area contributed by atoms with Crippen molar-refractivity contribution in [3.05, 3.63) is 23.3 Å². The molecule has 0 aliphatic rings. The number of amides is 1. The van der Waals surface area contributed by atoms with E-state index in [1.165, 1.54) is 6.26 Å². The third-order valence-electron chi connectivity index (χ3n) is 3.18. The summed E-state index contributed by atoms with van der Waals surface area (Å²) in [4.78, 5) is 21.1. The van der Waals surface area contributed by atoms with E-state index in [0.717, 1.165) is 11.3 Å². The molecular weight excluding hydrogens is 318 g/mol. The Hall–Kier alpha value is -2.65. The highest BCUT2D eigenvalue weighted by Crippen LogP contribution is 2.38. The summed E-state index contributed by atoms with van der Waals surface area (Å²) in [7, 11) is 0. The standard InChI is InChI=1S/C14H15N5O3S/c15-9-8-10(7-3-1-6-22-7)18-14(17-4-2-5-20)19-13(8)23-11(9)12(16)21/h1,3,6,20H,2,4-5,15H2,(H2,16,21)(H,17,18,19). The molecular formula is C14H15N5O3S. The van der Waals surface area contributed by atoms with Crippen molar-refractivity contribution < 1.29 is 14.3 Å². The number of carbonyl (C=O) groups excluding carboxylic acids is 1. The number of primary amides is 1. The summed E-state index contributed by atoms with van der Waals surface area (Å²) in [6.45, 7) is 0.585. The molecule has 0 aromatic carbocycles. The Morgan fingerprint density at radius 2 is 2.26 bits per heavy atom. The molecule has 8 nitrogen and oxygen atoms in total. The van der Waals surface area contributed by atoms with Crippen LogP contribution < -0.4 is 16.8 Å². The molecule has 0 saturated carbocycles. The van der Waals surface area contributed by atoms with E-state index in [4.69, 9.17) is 21.0 Å². The van der Waals surface area contributed by atoms with E-state index in [0.29, 0.717) is 40.6 Å². The SMILES string of the molecule is NC(=O)c1sc2nc(NCCCO)nc(-c3ccco3)c2c1N. The normalized spacial score (nSPS) is 11.0. The summed E-state index contributed by atoms with van der Waals surface area (Å²) in [5.41, 5.74) is 12.2. The number of furan rings is 1. The highest BCUT2D eigenvalue weighted by Gasteiger charge is 2.21. The zero-order chi connectivity index (χ0) is 16.4. The first-order valence-electron chi connectivity index (χ1n) is 6.90. The van der Waals surface area contributed by atoms with Gasteiger partial charge in [0.1, 0.15) is 15.4 Å². The second-order valence-corrected chi connectivity index (χ2v) is 5.77. The van der Waals surface area contributed by atoms with Gasteiger partial charge in [-0.2, -0.15) is 0 Å². The number of nitrogens with one attached hydrogen (secondary N) is 1. The Kier molecular flexibility index (Phi) is 4.13. The van der Waals surface area contributed by atoms with E-state index in [9.17, 15) is 4.79 Å². The fourth-order valence-corrected chi connectivity index (χ4v) is 3.10. The number of carbonyl (C=O) groups is 1. The van der Waals surface area contributed by atoms with Crippen molar-refractivity contribution in [3.8, 4) is 11.5 Å². The van der Waals surface area contributed by atoms with Crippen LogP contribution in [0.3, 0.4) is 0 Å². The van der Waals surface area contributed by atoms with Crippen LogP contribution in [-0.4, -0.2) is 34.1 Å². The molecule has 3 aromatic heterocycles. The molecule has 120 valence electrons. The van der Waals surface area contributed by atoms with Crippen LogP contribution in [0.1, 0.15) is 16.1 Å². The fourth-order valence-electron chi connectivity index (χ4n) is 2.15. The van der Waals surface area contributed by atoms with E-state index in [1.54, 1.807) is 12.1 Å². The minimum absolute atomic E-state index is 0.0675. The van der Waals surface area contributed by atoms with Crippen molar-refractivity contribution in [1.29, 1.82) is 0 Å². The van der Waals surface area contributed by atoms with Crippen LogP contribution in [0.25, 0.3) is 21.7 Å². The first-order valence-corrected chi connectivity index (χ1v) is 7.72. The van der Waals surface area contributed by atoms with Crippen LogP contribution in [-0.2, 0) is 0 Å². The molecule has 0 unspecified atom stereocenters. The predicted molar refractivity (Wildman–Crippen MR) is 88.2 cm³/mol. The van der Waals surface area contributed by atoms with Crippen LogP contribution >= 0.6 is 11.3 Å². The number of nitrogen functional groups attached to an aromatic ring is 1. The maximum Gasteiger partial charge on any atom is 0.260 e. The minimum Gasteiger partial charge on any atom is -0.463 e. The summed E-state index contributed by atoms with van der Waals surface area (Å²) in [5, 5.41) is 12.4. The van der Waals surface area contributed by atoms with Crippen LogP contribution in [0.4, 0.5) is 11.6 Å². The zero-order valence-electron chi connectivity index (χ0n) is 12.1. The monoisotopic (exact) mass is 333 g/mol. The third-order valence-corrected chi connectivity index (χ3v) is 4.30. The number of nitrogens with zero attached hydrogens (tertiary/aromatic N) is 2. The zero-order valence-corrected chi connectivity index (χ0v) is 12.9. The topological polar surface area (TPSA) is 140 Å². The van der Waals surface area contributed by atoms with Gasteiger partial charge in [-0.25, -0.2) is 9.97 Å². The van der Waals surface area contributed by atoms with Crippen molar-refractivity contribution in [2.45, 2.75) is 6.42 Å². The van der Waals surface area contributed by atoms with Crippen LogP contribution in [0, 0.1) is 0 Å². The van der Waals surface area contributed by atoms with Crippen LogP contribution in [0.5, 0.6) is 0 Å². The first-order chi connectivity index (χ1) is 11.1. The van der Waals surface area contributed by atoms with Crippen molar-refractivity contribution >= 4 is 39.1 Å². The van der Waals surface area contributed by atoms with Gasteiger partial charge in [-0.15, -0.1) is 11.3 Å². The molecule has 3 rings (SSSR count). The van der Waals surface area contributed by atoms with E-state index in [-0.39, 0.29) is 17.2 Å². The number of hydrogen-bond donors (Lipinski definition) is 4. The van der Waals surface area contributed by atoms with Crippen molar-refractivity contribution in [1.82, 2.24) is 9.97 Å². The molecule has 1 amide bonds. The molecule has 0 saturated heterocycles. The number of aliphatic hydroxyl groups excluding tert-OH is 1. The number of thiophene rings is 1. The van der Waals surface area contributed by atoms with E-state index in [1.807, 2.05) is 0 Å². The molecule has 0 spiro atoms. The Bertz CT molecular complexity index is 844. The fraction of sp³-hybridized carbons (Fsp3) is 0.214. The van der Waals surface area contributed by atoms with Crippen molar-refractivity contribution in [2.75, 3.05) is 24.2 Å². The second kappa shape index (κ2) is 6.23. The van der Waals surface area contributed by atoms with Gasteiger partial charge in [-0.1, -0.05) is 0 Å². The minimum atomic E-state index is -0.606. The Morgan fingerprint density at radius 1 is 1.43 bits per heavy atom. The highest BCUT2D eigenvalue weighted by atomic mass is 32.1. The molecule has 0 radical (unpaired) electrons. The van der Waals surface area contributed by atoms with Gasteiger partial charge < -0.3 is 26.3 Å². The van der Waals surface area contributed by atoms with Gasteiger partial charge in [0.2, 0.25) is 5.95 Å². The number of aromatic nitrogens is 2. The number of hydrogen-bond acceptors (Lipinski definition) is 8. The lowest BCUT2D eigenvalue weighted by Crippen LogP contribution is -2.10. The maximum absolute atomic E-state index is 11.5. The average molecular weight is 333 g/mol. The summed E-state index contributed by atoms with van der Waals surface area (Å²) in [6.07, 6.45) is 2.09. The molecule has 23 heavy (non-hydrogen) atoms.